The summed E-state index contributed by atoms with van der Waals surface area (Å²) in [5.41, 5.74) is 7.11. The van der Waals surface area contributed by atoms with Gasteiger partial charge in [0, 0.05) is 6.04 Å². The van der Waals surface area contributed by atoms with Crippen molar-refractivity contribution in [1.29, 1.82) is 0 Å². The third kappa shape index (κ3) is 2.74. The number of nitrogens with two attached hydrogens (primary N) is 1. The summed E-state index contributed by atoms with van der Waals surface area (Å²) >= 11 is 0. The Labute approximate surface area is 96.5 Å². The second-order valence-corrected chi connectivity index (χ2v) is 4.29. The maximum Gasteiger partial charge on any atom is 0.118 e. The summed E-state index contributed by atoms with van der Waals surface area (Å²) in [6, 6.07) is 8.18. The smallest absolute Gasteiger partial charge is 0.118 e. The van der Waals surface area contributed by atoms with E-state index in [4.69, 9.17) is 15.2 Å². The van der Waals surface area contributed by atoms with Crippen LogP contribution in [0.25, 0.3) is 0 Å². The number of methoxy groups -OCH3 is 1. The topological polar surface area (TPSA) is 44.5 Å². The first-order valence-electron chi connectivity index (χ1n) is 5.79. The SMILES string of the molecule is COc1ccc(CO[C@H]2CCC[C@@H]2N)cc1. The Kier molecular flexibility index (Phi) is 3.80. The van der Waals surface area contributed by atoms with Crippen LogP contribution >= 0.6 is 0 Å². The molecule has 1 saturated carbocycles. The Hall–Kier alpha value is -1.06. The molecule has 0 amide bonds. The normalized spacial score (nSPS) is 24.6. The zero-order valence-electron chi connectivity index (χ0n) is 9.69. The molecule has 3 heteroatoms. The highest BCUT2D eigenvalue weighted by molar-refractivity contribution is 5.26. The van der Waals surface area contributed by atoms with Gasteiger partial charge in [-0.05, 0) is 37.0 Å². The quantitative estimate of drug-likeness (QED) is 0.846. The molecule has 0 saturated heterocycles. The van der Waals surface area contributed by atoms with Crippen molar-refractivity contribution in [3.8, 4) is 5.75 Å². The molecule has 1 aliphatic rings. The molecule has 1 aromatic rings. The summed E-state index contributed by atoms with van der Waals surface area (Å²) in [4.78, 5) is 0. The highest BCUT2D eigenvalue weighted by Crippen LogP contribution is 2.21. The molecule has 0 spiro atoms. The summed E-state index contributed by atoms with van der Waals surface area (Å²) in [6.07, 6.45) is 3.61. The van der Waals surface area contributed by atoms with Crippen LogP contribution in [0.1, 0.15) is 24.8 Å². The zero-order valence-corrected chi connectivity index (χ0v) is 9.69. The predicted octanol–water partition coefficient (Wildman–Crippen LogP) is 2.09. The van der Waals surface area contributed by atoms with Gasteiger partial charge in [-0.3, -0.25) is 0 Å². The minimum absolute atomic E-state index is 0.221. The lowest BCUT2D eigenvalue weighted by Crippen LogP contribution is -2.31. The third-order valence-corrected chi connectivity index (χ3v) is 3.13. The second kappa shape index (κ2) is 5.32. The average Bonchev–Trinajstić information content (AvgIpc) is 2.73. The number of benzene rings is 1. The van der Waals surface area contributed by atoms with Crippen LogP contribution in [0, 0.1) is 0 Å². The fourth-order valence-corrected chi connectivity index (χ4v) is 2.09. The summed E-state index contributed by atoms with van der Waals surface area (Å²) in [6.45, 7) is 0.641. The van der Waals surface area contributed by atoms with Crippen LogP contribution in [-0.2, 0) is 11.3 Å². The van der Waals surface area contributed by atoms with Gasteiger partial charge in [-0.2, -0.15) is 0 Å². The first-order valence-corrected chi connectivity index (χ1v) is 5.79. The predicted molar refractivity (Wildman–Crippen MR) is 63.4 cm³/mol. The Morgan fingerprint density at radius 1 is 1.25 bits per heavy atom. The van der Waals surface area contributed by atoms with Gasteiger partial charge in [0.25, 0.3) is 0 Å². The van der Waals surface area contributed by atoms with Gasteiger partial charge in [0.15, 0.2) is 0 Å². The molecular weight excluding hydrogens is 202 g/mol. The van der Waals surface area contributed by atoms with Gasteiger partial charge in [-0.25, -0.2) is 0 Å². The standard InChI is InChI=1S/C13H19NO2/c1-15-11-7-5-10(6-8-11)9-16-13-4-2-3-12(13)14/h5-8,12-13H,2-4,9,14H2,1H3/t12-,13-/m0/s1. The van der Waals surface area contributed by atoms with E-state index in [-0.39, 0.29) is 12.1 Å². The summed E-state index contributed by atoms with van der Waals surface area (Å²) in [5, 5.41) is 0. The van der Waals surface area contributed by atoms with Crippen LogP contribution in [0.15, 0.2) is 24.3 Å². The van der Waals surface area contributed by atoms with Gasteiger partial charge < -0.3 is 15.2 Å². The molecule has 2 rings (SSSR count). The second-order valence-electron chi connectivity index (χ2n) is 4.29. The first kappa shape index (κ1) is 11.4. The van der Waals surface area contributed by atoms with Gasteiger partial charge in [0.2, 0.25) is 0 Å². The lowest BCUT2D eigenvalue weighted by molar-refractivity contribution is 0.0357. The minimum atomic E-state index is 0.221. The molecule has 0 unspecified atom stereocenters. The molecule has 2 N–H and O–H groups in total. The molecule has 1 aliphatic carbocycles. The molecule has 1 fully saturated rings. The molecule has 2 atom stereocenters. The molecule has 1 aromatic carbocycles. The fourth-order valence-electron chi connectivity index (χ4n) is 2.09. The van der Waals surface area contributed by atoms with Gasteiger partial charge in [-0.1, -0.05) is 12.1 Å². The van der Waals surface area contributed by atoms with Gasteiger partial charge in [0.05, 0.1) is 19.8 Å². The first-order chi connectivity index (χ1) is 7.79. The van der Waals surface area contributed by atoms with Crippen LogP contribution in [-0.4, -0.2) is 19.3 Å². The molecular formula is C13H19NO2. The number of hydrogen-bond acceptors (Lipinski definition) is 3. The van der Waals surface area contributed by atoms with Gasteiger partial charge >= 0.3 is 0 Å². The maximum absolute atomic E-state index is 5.94. The lowest BCUT2D eigenvalue weighted by atomic mass is 10.2. The number of rotatable bonds is 4. The molecule has 0 radical (unpaired) electrons. The average molecular weight is 221 g/mol. The van der Waals surface area contributed by atoms with Gasteiger partial charge in [0.1, 0.15) is 5.75 Å². The highest BCUT2D eigenvalue weighted by Gasteiger charge is 2.24. The van der Waals surface area contributed by atoms with Crippen molar-refractivity contribution in [2.24, 2.45) is 5.73 Å². The van der Waals surface area contributed by atoms with E-state index in [9.17, 15) is 0 Å². The van der Waals surface area contributed by atoms with E-state index in [2.05, 4.69) is 0 Å². The number of hydrogen-bond donors (Lipinski definition) is 1. The molecule has 0 aliphatic heterocycles. The van der Waals surface area contributed by atoms with E-state index in [1.54, 1.807) is 7.11 Å². The fraction of sp³-hybridized carbons (Fsp3) is 0.538. The molecule has 0 bridgehead atoms. The number of ether oxygens (including phenoxy) is 2. The van der Waals surface area contributed by atoms with Crippen LogP contribution in [0.3, 0.4) is 0 Å². The van der Waals surface area contributed by atoms with Crippen molar-refractivity contribution in [3.05, 3.63) is 29.8 Å². The van der Waals surface area contributed by atoms with Crippen molar-refractivity contribution < 1.29 is 9.47 Å². The molecule has 16 heavy (non-hydrogen) atoms. The van der Waals surface area contributed by atoms with Crippen LogP contribution in [0.5, 0.6) is 5.75 Å². The Bertz CT molecular complexity index is 323. The van der Waals surface area contributed by atoms with Crippen LogP contribution in [0.4, 0.5) is 0 Å². The molecule has 0 aromatic heterocycles. The van der Waals surface area contributed by atoms with Crippen molar-refractivity contribution >= 4 is 0 Å². The zero-order chi connectivity index (χ0) is 11.4. The van der Waals surface area contributed by atoms with Crippen molar-refractivity contribution in [2.75, 3.05) is 7.11 Å². The Morgan fingerprint density at radius 2 is 2.00 bits per heavy atom. The summed E-state index contributed by atoms with van der Waals surface area (Å²) < 4.78 is 10.9. The van der Waals surface area contributed by atoms with Crippen molar-refractivity contribution in [1.82, 2.24) is 0 Å². The summed E-state index contributed by atoms with van der Waals surface area (Å²) in [7, 11) is 1.67. The minimum Gasteiger partial charge on any atom is -0.497 e. The van der Waals surface area contributed by atoms with Crippen molar-refractivity contribution in [3.63, 3.8) is 0 Å². The van der Waals surface area contributed by atoms with E-state index in [0.29, 0.717) is 6.61 Å². The largest absolute Gasteiger partial charge is 0.497 e. The third-order valence-electron chi connectivity index (χ3n) is 3.13. The van der Waals surface area contributed by atoms with E-state index >= 15 is 0 Å². The molecule has 88 valence electrons. The van der Waals surface area contributed by atoms with E-state index in [1.807, 2.05) is 24.3 Å². The lowest BCUT2D eigenvalue weighted by Gasteiger charge is -2.16. The molecule has 0 heterocycles. The summed E-state index contributed by atoms with van der Waals surface area (Å²) in [5.74, 6) is 0.876. The highest BCUT2D eigenvalue weighted by atomic mass is 16.5. The van der Waals surface area contributed by atoms with Gasteiger partial charge in [-0.15, -0.1) is 0 Å². The van der Waals surface area contributed by atoms with E-state index < -0.39 is 0 Å². The Balaban J connectivity index is 1.84. The van der Waals surface area contributed by atoms with Crippen molar-refractivity contribution in [2.45, 2.75) is 38.0 Å². The monoisotopic (exact) mass is 221 g/mol. The van der Waals surface area contributed by atoms with Crippen LogP contribution < -0.4 is 10.5 Å². The van der Waals surface area contributed by atoms with E-state index in [0.717, 1.165) is 18.6 Å². The maximum atomic E-state index is 5.94. The Morgan fingerprint density at radius 3 is 2.56 bits per heavy atom. The van der Waals surface area contributed by atoms with Crippen LogP contribution in [0.2, 0.25) is 0 Å². The van der Waals surface area contributed by atoms with E-state index in [1.165, 1.54) is 12.0 Å². The molecule has 3 nitrogen and oxygen atoms in total.